The monoisotopic (exact) mass is 466 g/mol. The molecule has 1 aromatic carbocycles. The zero-order valence-electron chi connectivity index (χ0n) is 20.6. The van der Waals surface area contributed by atoms with E-state index in [0.29, 0.717) is 17.3 Å². The summed E-state index contributed by atoms with van der Waals surface area (Å²) in [6.45, 7) is 8.73. The Morgan fingerprint density at radius 1 is 1.03 bits per heavy atom. The van der Waals surface area contributed by atoms with Crippen molar-refractivity contribution in [2.24, 2.45) is 5.41 Å². The number of benzene rings is 1. The van der Waals surface area contributed by atoms with E-state index in [-0.39, 0.29) is 17.4 Å². The molecule has 0 spiro atoms. The van der Waals surface area contributed by atoms with Gasteiger partial charge in [-0.25, -0.2) is 0 Å². The van der Waals surface area contributed by atoms with Gasteiger partial charge in [-0.2, -0.15) is 0 Å². The highest BCUT2D eigenvalue weighted by Gasteiger charge is 2.25. The highest BCUT2D eigenvalue weighted by Crippen LogP contribution is 2.39. The first-order valence-corrected chi connectivity index (χ1v) is 12.0. The fraction of sp³-hybridized carbons (Fsp3) is 0.321. The summed E-state index contributed by atoms with van der Waals surface area (Å²) in [5.74, 6) is 1.12. The Morgan fingerprint density at radius 2 is 1.86 bits per heavy atom. The standard InChI is InChI=1S/C28H30N6O/c1-18(28(2,3)4)34-17-31-33-26(34)21-6-5-7-23(14-21)32-27(35)25-15-20(12-13-29-25)22-10-11-24(30-16-22)19-8-9-19/h5-7,10-19H,8-9H2,1-4H3,(H,32,35). The van der Waals surface area contributed by atoms with E-state index in [2.05, 4.69) is 69.9 Å². The van der Waals surface area contributed by atoms with Crippen LogP contribution in [0.1, 0.15) is 68.7 Å². The summed E-state index contributed by atoms with van der Waals surface area (Å²) in [6.07, 6.45) is 7.74. The maximum Gasteiger partial charge on any atom is 0.274 e. The Balaban J connectivity index is 1.35. The van der Waals surface area contributed by atoms with E-state index in [4.69, 9.17) is 0 Å². The minimum Gasteiger partial charge on any atom is -0.321 e. The van der Waals surface area contributed by atoms with E-state index in [1.807, 2.05) is 36.5 Å². The molecule has 1 amide bonds. The van der Waals surface area contributed by atoms with Gasteiger partial charge in [0.25, 0.3) is 5.91 Å². The number of pyridine rings is 2. The zero-order chi connectivity index (χ0) is 24.6. The van der Waals surface area contributed by atoms with E-state index in [9.17, 15) is 4.79 Å². The average molecular weight is 467 g/mol. The number of carbonyl (C=O) groups excluding carboxylic acids is 1. The minimum absolute atomic E-state index is 0.0490. The highest BCUT2D eigenvalue weighted by atomic mass is 16.1. The Morgan fingerprint density at radius 3 is 2.57 bits per heavy atom. The molecule has 0 radical (unpaired) electrons. The molecule has 5 rings (SSSR count). The summed E-state index contributed by atoms with van der Waals surface area (Å²) in [5, 5.41) is 11.5. The van der Waals surface area contributed by atoms with Gasteiger partial charge in [0.05, 0.1) is 0 Å². The molecule has 1 saturated carbocycles. The van der Waals surface area contributed by atoms with Gasteiger partial charge in [0, 0.05) is 46.9 Å². The lowest BCUT2D eigenvalue weighted by Crippen LogP contribution is -2.21. The van der Waals surface area contributed by atoms with Crippen LogP contribution in [-0.2, 0) is 0 Å². The Bertz CT molecular complexity index is 1350. The van der Waals surface area contributed by atoms with E-state index >= 15 is 0 Å². The third kappa shape index (κ3) is 4.99. The highest BCUT2D eigenvalue weighted by molar-refractivity contribution is 6.03. The third-order valence-corrected chi connectivity index (χ3v) is 6.73. The number of nitrogens with zero attached hydrogens (tertiary/aromatic N) is 5. The lowest BCUT2D eigenvalue weighted by molar-refractivity contribution is 0.102. The second-order valence-corrected chi connectivity index (χ2v) is 10.3. The van der Waals surface area contributed by atoms with Crippen LogP contribution < -0.4 is 5.32 Å². The van der Waals surface area contributed by atoms with Crippen LogP contribution in [0.4, 0.5) is 5.69 Å². The van der Waals surface area contributed by atoms with Crippen molar-refractivity contribution in [3.8, 4) is 22.5 Å². The molecule has 1 atom stereocenters. The molecule has 1 N–H and O–H groups in total. The second-order valence-electron chi connectivity index (χ2n) is 10.3. The fourth-order valence-corrected chi connectivity index (χ4v) is 4.01. The molecule has 0 aliphatic heterocycles. The Kier molecular flexibility index (Phi) is 5.93. The first kappa shape index (κ1) is 22.9. The van der Waals surface area contributed by atoms with Crippen molar-refractivity contribution >= 4 is 11.6 Å². The van der Waals surface area contributed by atoms with Crippen molar-refractivity contribution < 1.29 is 4.79 Å². The number of rotatable bonds is 6. The zero-order valence-corrected chi connectivity index (χ0v) is 20.6. The summed E-state index contributed by atoms with van der Waals surface area (Å²) in [4.78, 5) is 21.9. The van der Waals surface area contributed by atoms with Crippen molar-refractivity contribution in [2.75, 3.05) is 5.32 Å². The first-order valence-electron chi connectivity index (χ1n) is 12.0. The predicted octanol–water partition coefficient (Wildman–Crippen LogP) is 6.14. The van der Waals surface area contributed by atoms with Crippen LogP contribution in [0.15, 0.2) is 67.3 Å². The van der Waals surface area contributed by atoms with Gasteiger partial charge >= 0.3 is 0 Å². The molecule has 4 aromatic rings. The van der Waals surface area contributed by atoms with Gasteiger partial charge in [-0.05, 0) is 61.1 Å². The number of nitrogens with one attached hydrogen (secondary N) is 1. The summed E-state index contributed by atoms with van der Waals surface area (Å²) >= 11 is 0. The molecule has 7 heteroatoms. The van der Waals surface area contributed by atoms with Crippen LogP contribution in [0.3, 0.4) is 0 Å². The van der Waals surface area contributed by atoms with Crippen molar-refractivity contribution in [1.82, 2.24) is 24.7 Å². The molecule has 1 fully saturated rings. The number of aromatic nitrogens is 5. The van der Waals surface area contributed by atoms with Gasteiger partial charge in [-0.1, -0.05) is 39.0 Å². The summed E-state index contributed by atoms with van der Waals surface area (Å²) in [7, 11) is 0. The van der Waals surface area contributed by atoms with Gasteiger partial charge in [0.15, 0.2) is 5.82 Å². The molecule has 1 unspecified atom stereocenters. The van der Waals surface area contributed by atoms with Gasteiger partial charge in [-0.3, -0.25) is 14.8 Å². The van der Waals surface area contributed by atoms with E-state index < -0.39 is 0 Å². The Labute approximate surface area is 205 Å². The minimum atomic E-state index is -0.268. The summed E-state index contributed by atoms with van der Waals surface area (Å²) in [6, 6.07) is 15.7. The number of carbonyl (C=O) groups is 1. The number of anilines is 1. The maximum atomic E-state index is 13.0. The van der Waals surface area contributed by atoms with Crippen LogP contribution in [0.5, 0.6) is 0 Å². The maximum absolute atomic E-state index is 13.0. The normalized spacial score (nSPS) is 14.5. The number of amides is 1. The molecule has 3 heterocycles. The summed E-state index contributed by atoms with van der Waals surface area (Å²) in [5.41, 5.74) is 5.00. The summed E-state index contributed by atoms with van der Waals surface area (Å²) < 4.78 is 2.08. The molecule has 0 saturated heterocycles. The largest absolute Gasteiger partial charge is 0.321 e. The van der Waals surface area contributed by atoms with Crippen molar-refractivity contribution in [3.05, 3.63) is 78.6 Å². The van der Waals surface area contributed by atoms with E-state index in [0.717, 1.165) is 28.2 Å². The lowest BCUT2D eigenvalue weighted by Gasteiger charge is -2.29. The fourth-order valence-electron chi connectivity index (χ4n) is 4.01. The van der Waals surface area contributed by atoms with E-state index in [1.165, 1.54) is 12.8 Å². The van der Waals surface area contributed by atoms with Crippen LogP contribution in [0.25, 0.3) is 22.5 Å². The third-order valence-electron chi connectivity index (χ3n) is 6.73. The average Bonchev–Trinajstić information content (AvgIpc) is 3.59. The second kappa shape index (κ2) is 9.06. The quantitative estimate of drug-likeness (QED) is 0.369. The van der Waals surface area contributed by atoms with Gasteiger partial charge in [0.1, 0.15) is 12.0 Å². The van der Waals surface area contributed by atoms with Crippen molar-refractivity contribution in [3.63, 3.8) is 0 Å². The molecule has 35 heavy (non-hydrogen) atoms. The van der Waals surface area contributed by atoms with Crippen molar-refractivity contribution in [2.45, 2.75) is 52.5 Å². The predicted molar refractivity (Wildman–Crippen MR) is 137 cm³/mol. The van der Waals surface area contributed by atoms with Crippen LogP contribution in [-0.4, -0.2) is 30.6 Å². The molecular weight excluding hydrogens is 436 g/mol. The molecule has 7 nitrogen and oxygen atoms in total. The van der Waals surface area contributed by atoms with E-state index in [1.54, 1.807) is 18.6 Å². The van der Waals surface area contributed by atoms with Gasteiger partial charge in [-0.15, -0.1) is 10.2 Å². The molecule has 1 aliphatic rings. The van der Waals surface area contributed by atoms with Crippen LogP contribution in [0.2, 0.25) is 0 Å². The van der Waals surface area contributed by atoms with Crippen LogP contribution >= 0.6 is 0 Å². The SMILES string of the molecule is CC(n1cnnc1-c1cccc(NC(=O)c2cc(-c3ccc(C4CC4)nc3)ccn2)c1)C(C)(C)C. The lowest BCUT2D eigenvalue weighted by atomic mass is 9.88. The number of hydrogen-bond acceptors (Lipinski definition) is 5. The smallest absolute Gasteiger partial charge is 0.274 e. The molecular formula is C28H30N6O. The Hall–Kier alpha value is -3.87. The molecule has 3 aromatic heterocycles. The van der Waals surface area contributed by atoms with Crippen molar-refractivity contribution in [1.29, 1.82) is 0 Å². The van der Waals surface area contributed by atoms with Gasteiger partial charge < -0.3 is 9.88 Å². The first-order chi connectivity index (χ1) is 16.8. The topological polar surface area (TPSA) is 85.6 Å². The molecule has 178 valence electrons. The number of hydrogen-bond donors (Lipinski definition) is 1. The van der Waals surface area contributed by atoms with Crippen LogP contribution in [0, 0.1) is 5.41 Å². The van der Waals surface area contributed by atoms with Gasteiger partial charge in [0.2, 0.25) is 0 Å². The molecule has 1 aliphatic carbocycles. The molecule has 0 bridgehead atoms.